The zero-order valence-electron chi connectivity index (χ0n) is 11.3. The lowest BCUT2D eigenvalue weighted by atomic mass is 10.0. The first-order chi connectivity index (χ1) is 9.03. The van der Waals surface area contributed by atoms with Gasteiger partial charge >= 0.3 is 0 Å². The summed E-state index contributed by atoms with van der Waals surface area (Å²) in [7, 11) is 2.98. The maximum absolute atomic E-state index is 11.1. The third kappa shape index (κ3) is 4.09. The van der Waals surface area contributed by atoms with E-state index in [9.17, 15) is 10.1 Å². The first kappa shape index (κ1) is 15.8. The van der Waals surface area contributed by atoms with Gasteiger partial charge in [0, 0.05) is 10.4 Å². The number of alkyl halides is 1. The molecule has 1 unspecified atom stereocenters. The average molecular weight is 332 g/mol. The van der Waals surface area contributed by atoms with Crippen LogP contribution >= 0.6 is 15.9 Å². The van der Waals surface area contributed by atoms with E-state index in [1.54, 1.807) is 6.07 Å². The fourth-order valence-electron chi connectivity index (χ4n) is 1.90. The van der Waals surface area contributed by atoms with Gasteiger partial charge in [-0.1, -0.05) is 29.3 Å². The van der Waals surface area contributed by atoms with Crippen molar-refractivity contribution in [2.45, 2.75) is 31.0 Å². The van der Waals surface area contributed by atoms with E-state index in [4.69, 9.17) is 9.47 Å². The van der Waals surface area contributed by atoms with E-state index in [1.807, 2.05) is 0 Å². The third-order valence-electron chi connectivity index (χ3n) is 2.82. The summed E-state index contributed by atoms with van der Waals surface area (Å²) in [6.07, 6.45) is 2.58. The maximum atomic E-state index is 11.1. The highest BCUT2D eigenvalue weighted by atomic mass is 79.9. The Kier molecular flexibility index (Phi) is 6.08. The van der Waals surface area contributed by atoms with Gasteiger partial charge in [0.25, 0.3) is 5.69 Å². The Bertz CT molecular complexity index is 451. The van der Waals surface area contributed by atoms with Gasteiger partial charge in [0.15, 0.2) is 11.5 Å². The fraction of sp³-hybridized carbons (Fsp3) is 0.538. The number of ether oxygens (including phenoxy) is 2. The molecule has 1 aromatic rings. The maximum Gasteiger partial charge on any atom is 0.276 e. The molecule has 1 atom stereocenters. The molecule has 0 saturated carbocycles. The number of halogens is 1. The summed E-state index contributed by atoms with van der Waals surface area (Å²) in [5.74, 6) is 0.888. The SMILES string of the molecule is CCCC(Br)Cc1cc(OC)c(OC)cc1[N+](=O)[O-]. The molecule has 1 aromatic carbocycles. The number of nitro benzene ring substituents is 1. The standard InChI is InChI=1S/C13H18BrNO4/c1-4-5-10(14)6-9-7-12(18-2)13(19-3)8-11(9)15(16)17/h7-8,10H,4-6H2,1-3H3. The van der Waals surface area contributed by atoms with Crippen molar-refractivity contribution in [3.05, 3.63) is 27.8 Å². The van der Waals surface area contributed by atoms with Gasteiger partial charge in [-0.3, -0.25) is 10.1 Å². The molecule has 0 fully saturated rings. The van der Waals surface area contributed by atoms with Crippen molar-refractivity contribution < 1.29 is 14.4 Å². The number of rotatable bonds is 7. The van der Waals surface area contributed by atoms with Crippen molar-refractivity contribution in [2.75, 3.05) is 14.2 Å². The van der Waals surface area contributed by atoms with Crippen LogP contribution < -0.4 is 9.47 Å². The number of nitrogens with zero attached hydrogens (tertiary/aromatic N) is 1. The second-order valence-electron chi connectivity index (χ2n) is 4.18. The van der Waals surface area contributed by atoms with E-state index in [-0.39, 0.29) is 15.4 Å². The molecule has 1 rings (SSSR count). The summed E-state index contributed by atoms with van der Waals surface area (Å²) >= 11 is 3.55. The molecule has 0 aliphatic heterocycles. The van der Waals surface area contributed by atoms with Crippen LogP contribution in [0.4, 0.5) is 5.69 Å². The van der Waals surface area contributed by atoms with Crippen molar-refractivity contribution in [3.8, 4) is 11.5 Å². The Hall–Kier alpha value is -1.30. The Balaban J connectivity index is 3.16. The normalized spacial score (nSPS) is 12.0. The number of hydrogen-bond donors (Lipinski definition) is 0. The van der Waals surface area contributed by atoms with Crippen molar-refractivity contribution in [3.63, 3.8) is 0 Å². The molecule has 0 saturated heterocycles. The molecule has 0 spiro atoms. The van der Waals surface area contributed by atoms with E-state index < -0.39 is 0 Å². The second-order valence-corrected chi connectivity index (χ2v) is 5.48. The van der Waals surface area contributed by atoms with Gasteiger partial charge in [-0.05, 0) is 18.9 Å². The van der Waals surface area contributed by atoms with Crippen molar-refractivity contribution in [2.24, 2.45) is 0 Å². The molecule has 0 heterocycles. The van der Waals surface area contributed by atoms with Crippen LogP contribution in [0.25, 0.3) is 0 Å². The summed E-state index contributed by atoms with van der Waals surface area (Å²) in [5.41, 5.74) is 0.719. The van der Waals surface area contributed by atoms with Gasteiger partial charge in [-0.25, -0.2) is 0 Å². The number of benzene rings is 1. The minimum Gasteiger partial charge on any atom is -0.493 e. The van der Waals surface area contributed by atoms with Crippen LogP contribution in [0.5, 0.6) is 11.5 Å². The molecular formula is C13H18BrNO4. The van der Waals surface area contributed by atoms with Gasteiger partial charge in [0.1, 0.15) is 0 Å². The summed E-state index contributed by atoms with van der Waals surface area (Å²) in [4.78, 5) is 11.0. The largest absolute Gasteiger partial charge is 0.493 e. The highest BCUT2D eigenvalue weighted by molar-refractivity contribution is 9.09. The zero-order valence-corrected chi connectivity index (χ0v) is 12.9. The van der Waals surface area contributed by atoms with Crippen LogP contribution in [0.1, 0.15) is 25.3 Å². The Morgan fingerprint density at radius 1 is 1.32 bits per heavy atom. The van der Waals surface area contributed by atoms with Crippen LogP contribution in [0.3, 0.4) is 0 Å². The minimum absolute atomic E-state index is 0.0678. The highest BCUT2D eigenvalue weighted by Gasteiger charge is 2.21. The fourth-order valence-corrected chi connectivity index (χ4v) is 2.70. The lowest BCUT2D eigenvalue weighted by molar-refractivity contribution is -0.385. The van der Waals surface area contributed by atoms with Gasteiger partial charge in [0.05, 0.1) is 25.2 Å². The molecule has 0 radical (unpaired) electrons. The number of nitro groups is 1. The molecule has 19 heavy (non-hydrogen) atoms. The van der Waals surface area contributed by atoms with Gasteiger partial charge < -0.3 is 9.47 Å². The minimum atomic E-state index is -0.386. The van der Waals surface area contributed by atoms with Crippen LogP contribution in [0, 0.1) is 10.1 Å². The quantitative estimate of drug-likeness (QED) is 0.434. The highest BCUT2D eigenvalue weighted by Crippen LogP contribution is 2.35. The molecular weight excluding hydrogens is 314 g/mol. The molecule has 0 aliphatic carbocycles. The predicted octanol–water partition coefficient (Wildman–Crippen LogP) is 3.72. The molecule has 0 amide bonds. The zero-order chi connectivity index (χ0) is 14.4. The smallest absolute Gasteiger partial charge is 0.276 e. The lowest BCUT2D eigenvalue weighted by Gasteiger charge is -2.12. The first-order valence-electron chi connectivity index (χ1n) is 6.06. The van der Waals surface area contributed by atoms with E-state index in [1.165, 1.54) is 20.3 Å². The number of methoxy groups -OCH3 is 2. The number of hydrogen-bond acceptors (Lipinski definition) is 4. The lowest BCUT2D eigenvalue weighted by Crippen LogP contribution is -2.06. The summed E-state index contributed by atoms with van der Waals surface area (Å²) in [6, 6.07) is 3.10. The van der Waals surface area contributed by atoms with Crippen LogP contribution in [0.2, 0.25) is 0 Å². The van der Waals surface area contributed by atoms with E-state index in [0.29, 0.717) is 23.5 Å². The van der Waals surface area contributed by atoms with Crippen molar-refractivity contribution >= 4 is 21.6 Å². The molecule has 0 bridgehead atoms. The van der Waals surface area contributed by atoms with Gasteiger partial charge in [-0.2, -0.15) is 0 Å². The van der Waals surface area contributed by atoms with Gasteiger partial charge in [0.2, 0.25) is 0 Å². The second kappa shape index (κ2) is 7.33. The molecule has 5 nitrogen and oxygen atoms in total. The Morgan fingerprint density at radius 3 is 2.37 bits per heavy atom. The van der Waals surface area contributed by atoms with Gasteiger partial charge in [-0.15, -0.1) is 0 Å². The van der Waals surface area contributed by atoms with Crippen LogP contribution in [-0.2, 0) is 6.42 Å². The molecule has 0 aliphatic rings. The Morgan fingerprint density at radius 2 is 1.89 bits per heavy atom. The molecule has 106 valence electrons. The monoisotopic (exact) mass is 331 g/mol. The van der Waals surface area contributed by atoms with Crippen LogP contribution in [0.15, 0.2) is 12.1 Å². The molecule has 0 N–H and O–H groups in total. The third-order valence-corrected chi connectivity index (χ3v) is 3.61. The average Bonchev–Trinajstić information content (AvgIpc) is 2.38. The van der Waals surface area contributed by atoms with E-state index in [2.05, 4.69) is 22.9 Å². The summed E-state index contributed by atoms with van der Waals surface area (Å²) in [5, 5.41) is 11.1. The molecule has 6 heteroatoms. The Labute approximate surface area is 121 Å². The molecule has 0 aromatic heterocycles. The van der Waals surface area contributed by atoms with E-state index >= 15 is 0 Å². The van der Waals surface area contributed by atoms with Crippen molar-refractivity contribution in [1.82, 2.24) is 0 Å². The topological polar surface area (TPSA) is 61.6 Å². The van der Waals surface area contributed by atoms with Crippen molar-refractivity contribution in [1.29, 1.82) is 0 Å². The van der Waals surface area contributed by atoms with E-state index in [0.717, 1.165) is 12.8 Å². The van der Waals surface area contributed by atoms with Crippen LogP contribution in [-0.4, -0.2) is 24.0 Å². The predicted molar refractivity (Wildman–Crippen MR) is 77.5 cm³/mol. The summed E-state index contributed by atoms with van der Waals surface area (Å²) < 4.78 is 10.3. The summed E-state index contributed by atoms with van der Waals surface area (Å²) in [6.45, 7) is 2.08. The first-order valence-corrected chi connectivity index (χ1v) is 6.98.